The number of fused-ring (bicyclic) bond motifs is 3. The van der Waals surface area contributed by atoms with Crippen molar-refractivity contribution in [2.45, 2.75) is 13.0 Å². The van der Waals surface area contributed by atoms with Crippen LogP contribution >= 0.6 is 15.9 Å². The molecule has 3 rings (SSSR count). The molecular formula is C12H11BrN2O2. The molecule has 2 aromatic rings. The third-order valence-corrected chi connectivity index (χ3v) is 3.70. The molecule has 0 saturated carbocycles. The van der Waals surface area contributed by atoms with Crippen molar-refractivity contribution in [3.8, 4) is 0 Å². The van der Waals surface area contributed by atoms with Crippen molar-refractivity contribution in [1.82, 2.24) is 9.88 Å². The average molecular weight is 295 g/mol. The average Bonchev–Trinajstić information content (AvgIpc) is 2.64. The van der Waals surface area contributed by atoms with Crippen LogP contribution in [0.25, 0.3) is 10.9 Å². The summed E-state index contributed by atoms with van der Waals surface area (Å²) in [4.78, 5) is 15.7. The maximum atomic E-state index is 10.9. The van der Waals surface area contributed by atoms with E-state index in [-0.39, 0.29) is 0 Å². The van der Waals surface area contributed by atoms with E-state index in [0.29, 0.717) is 13.1 Å². The lowest BCUT2D eigenvalue weighted by Gasteiger charge is -2.24. The van der Waals surface area contributed by atoms with E-state index in [1.54, 1.807) is 0 Å². The van der Waals surface area contributed by atoms with Gasteiger partial charge in [0, 0.05) is 27.6 Å². The van der Waals surface area contributed by atoms with Crippen LogP contribution in [0.5, 0.6) is 0 Å². The van der Waals surface area contributed by atoms with Crippen LogP contribution in [-0.4, -0.2) is 27.6 Å². The molecule has 0 bridgehead atoms. The lowest BCUT2D eigenvalue weighted by molar-refractivity contribution is 0.139. The largest absolute Gasteiger partial charge is 0.465 e. The van der Waals surface area contributed by atoms with Gasteiger partial charge in [0.1, 0.15) is 0 Å². The van der Waals surface area contributed by atoms with Crippen LogP contribution in [0, 0.1) is 0 Å². The number of H-pyrrole nitrogens is 1. The molecule has 1 aliphatic heterocycles. The van der Waals surface area contributed by atoms with Crippen LogP contribution in [0.4, 0.5) is 4.79 Å². The summed E-state index contributed by atoms with van der Waals surface area (Å²) in [5.74, 6) is 0. The molecule has 1 aromatic heterocycles. The van der Waals surface area contributed by atoms with Crippen molar-refractivity contribution >= 4 is 32.9 Å². The zero-order valence-electron chi connectivity index (χ0n) is 9.03. The molecule has 4 nitrogen and oxygen atoms in total. The number of aromatic amines is 1. The first-order chi connectivity index (χ1) is 8.15. The monoisotopic (exact) mass is 294 g/mol. The number of nitrogens with zero attached hydrogens (tertiary/aromatic N) is 1. The molecular weight excluding hydrogens is 284 g/mol. The minimum absolute atomic E-state index is 0.455. The maximum Gasteiger partial charge on any atom is 0.407 e. The SMILES string of the molecule is O=C(O)N1CCc2c([nH]c3cc(Br)ccc23)C1. The van der Waals surface area contributed by atoms with Gasteiger partial charge in [-0.25, -0.2) is 4.79 Å². The number of carboxylic acid groups (broad SMARTS) is 1. The Labute approximate surface area is 106 Å². The summed E-state index contributed by atoms with van der Waals surface area (Å²) in [7, 11) is 0. The summed E-state index contributed by atoms with van der Waals surface area (Å²) >= 11 is 3.44. The predicted molar refractivity (Wildman–Crippen MR) is 68.1 cm³/mol. The van der Waals surface area contributed by atoms with Gasteiger partial charge in [-0.3, -0.25) is 0 Å². The molecule has 1 aromatic carbocycles. The molecule has 5 heteroatoms. The minimum Gasteiger partial charge on any atom is -0.465 e. The van der Waals surface area contributed by atoms with Crippen molar-refractivity contribution in [3.63, 3.8) is 0 Å². The van der Waals surface area contributed by atoms with Crippen LogP contribution in [0.2, 0.25) is 0 Å². The number of aromatic nitrogens is 1. The molecule has 0 spiro atoms. The normalized spacial score (nSPS) is 15.0. The quantitative estimate of drug-likeness (QED) is 0.785. The van der Waals surface area contributed by atoms with E-state index in [0.717, 1.165) is 22.1 Å². The molecule has 0 radical (unpaired) electrons. The van der Waals surface area contributed by atoms with Gasteiger partial charge in [-0.15, -0.1) is 0 Å². The Bertz CT molecular complexity index is 606. The Kier molecular flexibility index (Phi) is 2.36. The number of rotatable bonds is 0. The standard InChI is InChI=1S/C12H11BrN2O2/c13-7-1-2-8-9-3-4-15(12(16)17)6-11(9)14-10(8)5-7/h1-2,5,14H,3-4,6H2,(H,16,17). The number of hydrogen-bond donors (Lipinski definition) is 2. The Balaban J connectivity index is 2.09. The summed E-state index contributed by atoms with van der Waals surface area (Å²) < 4.78 is 1.03. The van der Waals surface area contributed by atoms with Gasteiger partial charge in [-0.05, 0) is 24.1 Å². The van der Waals surface area contributed by atoms with Gasteiger partial charge in [0.05, 0.1) is 6.54 Å². The molecule has 0 fully saturated rings. The van der Waals surface area contributed by atoms with Crippen molar-refractivity contribution in [2.75, 3.05) is 6.54 Å². The Morgan fingerprint density at radius 1 is 1.47 bits per heavy atom. The van der Waals surface area contributed by atoms with Crippen LogP contribution in [0.3, 0.4) is 0 Å². The number of amides is 1. The fourth-order valence-electron chi connectivity index (χ4n) is 2.38. The van der Waals surface area contributed by atoms with Gasteiger partial charge in [-0.1, -0.05) is 22.0 Å². The second-order valence-electron chi connectivity index (χ2n) is 4.23. The summed E-state index contributed by atoms with van der Waals surface area (Å²) in [5, 5.41) is 10.2. The van der Waals surface area contributed by atoms with Crippen LogP contribution in [0.1, 0.15) is 11.3 Å². The fraction of sp³-hybridized carbons (Fsp3) is 0.250. The lowest BCUT2D eigenvalue weighted by atomic mass is 10.0. The Morgan fingerprint density at radius 2 is 2.29 bits per heavy atom. The summed E-state index contributed by atoms with van der Waals surface area (Å²) in [6.45, 7) is 1.03. The third-order valence-electron chi connectivity index (χ3n) is 3.21. The van der Waals surface area contributed by atoms with E-state index in [2.05, 4.69) is 27.0 Å². The van der Waals surface area contributed by atoms with Crippen molar-refractivity contribution < 1.29 is 9.90 Å². The minimum atomic E-state index is -0.851. The zero-order chi connectivity index (χ0) is 12.0. The Hall–Kier alpha value is -1.49. The topological polar surface area (TPSA) is 56.3 Å². The fourth-order valence-corrected chi connectivity index (χ4v) is 2.75. The molecule has 17 heavy (non-hydrogen) atoms. The second-order valence-corrected chi connectivity index (χ2v) is 5.14. The van der Waals surface area contributed by atoms with Crippen LogP contribution < -0.4 is 0 Å². The van der Waals surface area contributed by atoms with E-state index < -0.39 is 6.09 Å². The van der Waals surface area contributed by atoms with Crippen molar-refractivity contribution in [1.29, 1.82) is 0 Å². The summed E-state index contributed by atoms with van der Waals surface area (Å²) in [6, 6.07) is 6.12. The van der Waals surface area contributed by atoms with Gasteiger partial charge in [0.15, 0.2) is 0 Å². The van der Waals surface area contributed by atoms with Gasteiger partial charge in [0.25, 0.3) is 0 Å². The molecule has 2 heterocycles. The number of nitrogens with one attached hydrogen (secondary N) is 1. The van der Waals surface area contributed by atoms with Crippen molar-refractivity contribution in [3.05, 3.63) is 33.9 Å². The number of benzene rings is 1. The van der Waals surface area contributed by atoms with Crippen LogP contribution in [-0.2, 0) is 13.0 Å². The zero-order valence-corrected chi connectivity index (χ0v) is 10.6. The number of carbonyl (C=O) groups is 1. The maximum absolute atomic E-state index is 10.9. The molecule has 0 saturated heterocycles. The molecule has 0 aliphatic carbocycles. The molecule has 2 N–H and O–H groups in total. The highest BCUT2D eigenvalue weighted by Gasteiger charge is 2.23. The van der Waals surface area contributed by atoms with E-state index in [1.165, 1.54) is 15.8 Å². The van der Waals surface area contributed by atoms with Gasteiger partial charge in [-0.2, -0.15) is 0 Å². The molecule has 88 valence electrons. The highest BCUT2D eigenvalue weighted by atomic mass is 79.9. The van der Waals surface area contributed by atoms with Crippen molar-refractivity contribution in [2.24, 2.45) is 0 Å². The third kappa shape index (κ3) is 1.70. The highest BCUT2D eigenvalue weighted by molar-refractivity contribution is 9.10. The van der Waals surface area contributed by atoms with E-state index in [9.17, 15) is 4.79 Å². The first-order valence-electron chi connectivity index (χ1n) is 5.42. The molecule has 1 amide bonds. The van der Waals surface area contributed by atoms with E-state index in [1.807, 2.05) is 12.1 Å². The number of halogens is 1. The highest BCUT2D eigenvalue weighted by Crippen LogP contribution is 2.29. The van der Waals surface area contributed by atoms with E-state index >= 15 is 0 Å². The molecule has 0 unspecified atom stereocenters. The van der Waals surface area contributed by atoms with Gasteiger partial charge < -0.3 is 15.0 Å². The van der Waals surface area contributed by atoms with Gasteiger partial charge in [0.2, 0.25) is 0 Å². The smallest absolute Gasteiger partial charge is 0.407 e. The summed E-state index contributed by atoms with van der Waals surface area (Å²) in [5.41, 5.74) is 3.34. The predicted octanol–water partition coefficient (Wildman–Crippen LogP) is 2.97. The Morgan fingerprint density at radius 3 is 3.06 bits per heavy atom. The second kappa shape index (κ2) is 3.77. The molecule has 0 atom stereocenters. The van der Waals surface area contributed by atoms with Gasteiger partial charge >= 0.3 is 6.09 Å². The first-order valence-corrected chi connectivity index (χ1v) is 6.21. The first kappa shape index (κ1) is 10.7. The van der Waals surface area contributed by atoms with E-state index in [4.69, 9.17) is 5.11 Å². The molecule has 1 aliphatic rings. The lowest BCUT2D eigenvalue weighted by Crippen LogP contribution is -2.34. The summed E-state index contributed by atoms with van der Waals surface area (Å²) in [6.07, 6.45) is -0.0704. The van der Waals surface area contributed by atoms with Crippen LogP contribution in [0.15, 0.2) is 22.7 Å². The number of hydrogen-bond acceptors (Lipinski definition) is 1.